The Bertz CT molecular complexity index is 844. The zero-order chi connectivity index (χ0) is 23.1. The van der Waals surface area contributed by atoms with Gasteiger partial charge in [-0.2, -0.15) is 0 Å². The average Bonchev–Trinajstić information content (AvgIpc) is 2.81. The van der Waals surface area contributed by atoms with Crippen molar-refractivity contribution in [1.29, 1.82) is 0 Å². The van der Waals surface area contributed by atoms with E-state index in [9.17, 15) is 14.3 Å². The van der Waals surface area contributed by atoms with Gasteiger partial charge in [0, 0.05) is 56.8 Å². The molecule has 0 saturated carbocycles. The van der Waals surface area contributed by atoms with Crippen LogP contribution < -0.4 is 0 Å². The molecule has 1 aliphatic rings. The molecule has 1 saturated heterocycles. The van der Waals surface area contributed by atoms with Crippen LogP contribution >= 0.6 is 0 Å². The Hall–Kier alpha value is -2.28. The van der Waals surface area contributed by atoms with Gasteiger partial charge in [0.05, 0.1) is 0 Å². The van der Waals surface area contributed by atoms with Gasteiger partial charge < -0.3 is 10.0 Å². The lowest BCUT2D eigenvalue weighted by Crippen LogP contribution is -2.50. The van der Waals surface area contributed by atoms with Gasteiger partial charge in [-0.15, -0.1) is 0 Å². The van der Waals surface area contributed by atoms with Gasteiger partial charge in [-0.05, 0) is 55.1 Å². The molecule has 6 heteroatoms. The summed E-state index contributed by atoms with van der Waals surface area (Å²) in [5.41, 5.74) is 1.81. The first-order chi connectivity index (χ1) is 15.4. The fourth-order valence-electron chi connectivity index (χ4n) is 4.56. The van der Waals surface area contributed by atoms with Crippen molar-refractivity contribution in [2.45, 2.75) is 26.8 Å². The van der Waals surface area contributed by atoms with Crippen LogP contribution in [0.15, 0.2) is 48.5 Å². The quantitative estimate of drug-likeness (QED) is 0.564. The SMILES string of the molecule is CCN(CC)[C@H](CN1CCN(C[C@@H](C)C(=O)c2ccc(O)cc2)CC1)c1ccc(F)cc1. The van der Waals surface area contributed by atoms with E-state index >= 15 is 0 Å². The molecule has 0 spiro atoms. The smallest absolute Gasteiger partial charge is 0.166 e. The molecule has 1 fully saturated rings. The highest BCUT2D eigenvalue weighted by atomic mass is 19.1. The molecule has 32 heavy (non-hydrogen) atoms. The number of phenols is 1. The molecular formula is C26H36FN3O2. The highest BCUT2D eigenvalue weighted by Crippen LogP contribution is 2.23. The minimum absolute atomic E-state index is 0.0891. The third-order valence-corrected chi connectivity index (χ3v) is 6.54. The Morgan fingerprint density at radius 1 is 0.938 bits per heavy atom. The summed E-state index contributed by atoms with van der Waals surface area (Å²) in [4.78, 5) is 20.0. The van der Waals surface area contributed by atoms with Crippen molar-refractivity contribution in [2.24, 2.45) is 5.92 Å². The Morgan fingerprint density at radius 3 is 2.00 bits per heavy atom. The number of aromatic hydroxyl groups is 1. The van der Waals surface area contributed by atoms with Gasteiger partial charge in [-0.3, -0.25) is 14.6 Å². The Balaban J connectivity index is 1.54. The molecule has 5 nitrogen and oxygen atoms in total. The standard InChI is InChI=1S/C26H36FN3O2/c1-4-30(5-2)25(21-6-10-23(27)11-7-21)19-29-16-14-28(15-17-29)18-20(3)26(32)22-8-12-24(31)13-9-22/h6-13,20,25,31H,4-5,14-19H2,1-3H3/t20-,25-/m1/s1. The molecule has 0 aromatic heterocycles. The number of nitrogens with zero attached hydrogens (tertiary/aromatic N) is 3. The summed E-state index contributed by atoms with van der Waals surface area (Å²) < 4.78 is 13.4. The summed E-state index contributed by atoms with van der Waals surface area (Å²) >= 11 is 0. The number of hydrogen-bond acceptors (Lipinski definition) is 5. The number of Topliss-reactive ketones (excluding diaryl/α,β-unsaturated/α-hetero) is 1. The van der Waals surface area contributed by atoms with Crippen molar-refractivity contribution in [2.75, 3.05) is 52.4 Å². The second kappa shape index (κ2) is 11.5. The molecule has 2 aromatic rings. The highest BCUT2D eigenvalue weighted by Gasteiger charge is 2.26. The van der Waals surface area contributed by atoms with E-state index in [0.717, 1.165) is 57.9 Å². The zero-order valence-corrected chi connectivity index (χ0v) is 19.5. The van der Waals surface area contributed by atoms with Gasteiger partial charge in [-0.1, -0.05) is 32.9 Å². The van der Waals surface area contributed by atoms with Crippen molar-refractivity contribution in [3.8, 4) is 5.75 Å². The number of benzene rings is 2. The van der Waals surface area contributed by atoms with Crippen LogP contribution in [0.25, 0.3) is 0 Å². The van der Waals surface area contributed by atoms with Gasteiger partial charge in [0.25, 0.3) is 0 Å². The van der Waals surface area contributed by atoms with E-state index in [2.05, 4.69) is 28.5 Å². The summed E-state index contributed by atoms with van der Waals surface area (Å²) in [6.45, 7) is 13.7. The average molecular weight is 442 g/mol. The lowest BCUT2D eigenvalue weighted by molar-refractivity contribution is 0.0754. The molecule has 0 unspecified atom stereocenters. The van der Waals surface area contributed by atoms with Crippen molar-refractivity contribution in [3.05, 3.63) is 65.5 Å². The fourth-order valence-corrected chi connectivity index (χ4v) is 4.56. The molecule has 174 valence electrons. The predicted octanol–water partition coefficient (Wildman–Crippen LogP) is 4.05. The van der Waals surface area contributed by atoms with Crippen LogP contribution in [-0.2, 0) is 0 Å². The molecule has 0 radical (unpaired) electrons. The Morgan fingerprint density at radius 2 is 1.47 bits per heavy atom. The van der Waals surface area contributed by atoms with Gasteiger partial charge in [-0.25, -0.2) is 4.39 Å². The van der Waals surface area contributed by atoms with Crippen molar-refractivity contribution >= 4 is 5.78 Å². The molecule has 2 atom stereocenters. The second-order valence-corrected chi connectivity index (χ2v) is 8.70. The molecule has 1 heterocycles. The van der Waals surface area contributed by atoms with E-state index in [0.29, 0.717) is 5.56 Å². The van der Waals surface area contributed by atoms with Crippen LogP contribution in [0.2, 0.25) is 0 Å². The molecule has 0 amide bonds. The zero-order valence-electron chi connectivity index (χ0n) is 19.5. The molecule has 2 aromatic carbocycles. The summed E-state index contributed by atoms with van der Waals surface area (Å²) in [5.74, 6) is 0.00433. The number of phenolic OH excluding ortho intramolecular Hbond substituents is 1. The molecule has 1 aliphatic heterocycles. The Kier molecular flexibility index (Phi) is 8.79. The van der Waals surface area contributed by atoms with Crippen LogP contribution in [0.5, 0.6) is 5.75 Å². The number of rotatable bonds is 10. The number of hydrogen-bond donors (Lipinski definition) is 1. The molecule has 3 rings (SSSR count). The number of carbonyl (C=O) groups excluding carboxylic acids is 1. The van der Waals surface area contributed by atoms with E-state index in [1.165, 1.54) is 0 Å². The normalized spacial score (nSPS) is 17.4. The fraction of sp³-hybridized carbons (Fsp3) is 0.500. The van der Waals surface area contributed by atoms with Crippen LogP contribution in [0.1, 0.15) is 42.7 Å². The molecule has 0 bridgehead atoms. The summed E-state index contributed by atoms with van der Waals surface area (Å²) in [7, 11) is 0. The maximum Gasteiger partial charge on any atom is 0.166 e. The first-order valence-electron chi connectivity index (χ1n) is 11.7. The van der Waals surface area contributed by atoms with E-state index in [1.807, 2.05) is 19.1 Å². The summed E-state index contributed by atoms with van der Waals surface area (Å²) in [6.07, 6.45) is 0. The summed E-state index contributed by atoms with van der Waals surface area (Å²) in [5, 5.41) is 9.43. The molecule has 1 N–H and O–H groups in total. The lowest BCUT2D eigenvalue weighted by atomic mass is 9.98. The molecular weight excluding hydrogens is 405 g/mol. The van der Waals surface area contributed by atoms with Gasteiger partial charge in [0.2, 0.25) is 0 Å². The largest absolute Gasteiger partial charge is 0.508 e. The molecule has 0 aliphatic carbocycles. The number of likely N-dealkylation sites (N-methyl/N-ethyl adjacent to an activating group) is 1. The van der Waals surface area contributed by atoms with Crippen LogP contribution in [0.4, 0.5) is 4.39 Å². The maximum absolute atomic E-state index is 13.4. The van der Waals surface area contributed by atoms with Crippen molar-refractivity contribution in [3.63, 3.8) is 0 Å². The van der Waals surface area contributed by atoms with E-state index in [1.54, 1.807) is 36.4 Å². The Labute approximate surface area is 191 Å². The highest BCUT2D eigenvalue weighted by molar-refractivity contribution is 5.97. The summed E-state index contributed by atoms with van der Waals surface area (Å²) in [6, 6.07) is 13.7. The number of piperazine rings is 1. The van der Waals surface area contributed by atoms with Crippen molar-refractivity contribution in [1.82, 2.24) is 14.7 Å². The maximum atomic E-state index is 13.4. The first-order valence-corrected chi connectivity index (χ1v) is 11.7. The third kappa shape index (κ3) is 6.37. The second-order valence-electron chi connectivity index (χ2n) is 8.70. The van der Waals surface area contributed by atoms with Crippen molar-refractivity contribution < 1.29 is 14.3 Å². The van der Waals surface area contributed by atoms with E-state index in [-0.39, 0.29) is 29.3 Å². The van der Waals surface area contributed by atoms with Crippen LogP contribution in [0.3, 0.4) is 0 Å². The van der Waals surface area contributed by atoms with Gasteiger partial charge in [0.1, 0.15) is 11.6 Å². The van der Waals surface area contributed by atoms with Gasteiger partial charge >= 0.3 is 0 Å². The topological polar surface area (TPSA) is 47.0 Å². The first kappa shape index (κ1) is 24.4. The van der Waals surface area contributed by atoms with E-state index in [4.69, 9.17) is 0 Å². The monoisotopic (exact) mass is 441 g/mol. The lowest BCUT2D eigenvalue weighted by Gasteiger charge is -2.39. The van der Waals surface area contributed by atoms with Crippen LogP contribution in [-0.4, -0.2) is 77.9 Å². The number of halogens is 1. The number of carbonyl (C=O) groups is 1. The van der Waals surface area contributed by atoms with E-state index < -0.39 is 0 Å². The van der Waals surface area contributed by atoms with Gasteiger partial charge in [0.15, 0.2) is 5.78 Å². The van der Waals surface area contributed by atoms with Crippen LogP contribution in [0, 0.1) is 11.7 Å². The predicted molar refractivity (Wildman–Crippen MR) is 127 cm³/mol. The minimum atomic E-state index is -0.198. The third-order valence-electron chi connectivity index (χ3n) is 6.54. The minimum Gasteiger partial charge on any atom is -0.508 e. The number of ketones is 1.